The first kappa shape index (κ1) is 12.5. The average molecular weight is 250 g/mol. The summed E-state index contributed by atoms with van der Waals surface area (Å²) in [6.45, 7) is 0.358. The van der Waals surface area contributed by atoms with Gasteiger partial charge in [-0.1, -0.05) is 0 Å². The molecule has 0 amide bonds. The number of hydrogen-bond acceptors (Lipinski definition) is 4. The van der Waals surface area contributed by atoms with Crippen molar-refractivity contribution < 1.29 is 9.72 Å². The molecule has 1 aromatic rings. The SMILES string of the molecule is O=C1CCCC1CCn1cccc([N+](=O)[O-])c1=O. The van der Waals surface area contributed by atoms with Gasteiger partial charge in [0.15, 0.2) is 0 Å². The van der Waals surface area contributed by atoms with E-state index in [4.69, 9.17) is 0 Å². The Bertz CT molecular complexity index is 535. The molecule has 6 heteroatoms. The monoisotopic (exact) mass is 250 g/mol. The molecule has 2 rings (SSSR count). The molecule has 0 radical (unpaired) electrons. The average Bonchev–Trinajstić information content (AvgIpc) is 2.73. The fourth-order valence-electron chi connectivity index (χ4n) is 2.33. The summed E-state index contributed by atoms with van der Waals surface area (Å²) in [7, 11) is 0. The van der Waals surface area contributed by atoms with Crippen LogP contribution in [0.25, 0.3) is 0 Å². The summed E-state index contributed by atoms with van der Waals surface area (Å²) in [5.74, 6) is 0.254. The molecule has 1 aliphatic rings. The van der Waals surface area contributed by atoms with Crippen molar-refractivity contribution in [1.29, 1.82) is 0 Å². The molecule has 1 atom stereocenters. The molecule has 1 aromatic heterocycles. The van der Waals surface area contributed by atoms with E-state index < -0.39 is 16.2 Å². The molecule has 1 fully saturated rings. The molecule has 96 valence electrons. The number of pyridine rings is 1. The first-order valence-corrected chi connectivity index (χ1v) is 5.96. The van der Waals surface area contributed by atoms with Crippen LogP contribution in [0.5, 0.6) is 0 Å². The van der Waals surface area contributed by atoms with Crippen LogP contribution in [-0.2, 0) is 11.3 Å². The molecule has 6 nitrogen and oxygen atoms in total. The van der Waals surface area contributed by atoms with Gasteiger partial charge in [-0.25, -0.2) is 0 Å². The van der Waals surface area contributed by atoms with E-state index in [0.29, 0.717) is 19.4 Å². The van der Waals surface area contributed by atoms with Gasteiger partial charge in [-0.2, -0.15) is 0 Å². The number of Topliss-reactive ketones (excluding diaryl/α,β-unsaturated/α-hetero) is 1. The molecule has 0 bridgehead atoms. The van der Waals surface area contributed by atoms with Crippen molar-refractivity contribution in [2.45, 2.75) is 32.2 Å². The fraction of sp³-hybridized carbons (Fsp3) is 0.500. The molecule has 18 heavy (non-hydrogen) atoms. The van der Waals surface area contributed by atoms with Gasteiger partial charge in [0.25, 0.3) is 0 Å². The van der Waals surface area contributed by atoms with Crippen LogP contribution in [0.4, 0.5) is 5.69 Å². The molecule has 0 aromatic carbocycles. The van der Waals surface area contributed by atoms with Crippen molar-refractivity contribution in [3.8, 4) is 0 Å². The third kappa shape index (κ3) is 2.47. The summed E-state index contributed by atoms with van der Waals surface area (Å²) in [6, 6.07) is 2.68. The van der Waals surface area contributed by atoms with Gasteiger partial charge in [-0.05, 0) is 25.3 Å². The number of ketones is 1. The zero-order valence-corrected chi connectivity index (χ0v) is 9.87. The van der Waals surface area contributed by atoms with Crippen LogP contribution in [0.3, 0.4) is 0 Å². The molecular weight excluding hydrogens is 236 g/mol. The number of carbonyl (C=O) groups is 1. The Morgan fingerprint density at radius 1 is 1.44 bits per heavy atom. The number of carbonyl (C=O) groups excluding carboxylic acids is 1. The van der Waals surface area contributed by atoms with E-state index in [1.54, 1.807) is 0 Å². The lowest BCUT2D eigenvalue weighted by Crippen LogP contribution is -2.23. The van der Waals surface area contributed by atoms with Gasteiger partial charge in [-0.15, -0.1) is 0 Å². The minimum absolute atomic E-state index is 0.0103. The lowest BCUT2D eigenvalue weighted by atomic mass is 10.0. The third-order valence-corrected chi connectivity index (χ3v) is 3.35. The minimum atomic E-state index is -0.681. The predicted molar refractivity (Wildman–Crippen MR) is 64.3 cm³/mol. The molecular formula is C12H14N2O4. The van der Waals surface area contributed by atoms with Crippen molar-refractivity contribution in [2.24, 2.45) is 5.92 Å². The molecule has 1 heterocycles. The number of nitrogens with zero attached hydrogens (tertiary/aromatic N) is 2. The molecule has 1 aliphatic carbocycles. The highest BCUT2D eigenvalue weighted by molar-refractivity contribution is 5.82. The molecule has 1 saturated carbocycles. The van der Waals surface area contributed by atoms with Crippen molar-refractivity contribution in [3.63, 3.8) is 0 Å². The lowest BCUT2D eigenvalue weighted by molar-refractivity contribution is -0.386. The van der Waals surface area contributed by atoms with E-state index in [2.05, 4.69) is 0 Å². The number of aromatic nitrogens is 1. The highest BCUT2D eigenvalue weighted by Crippen LogP contribution is 2.24. The Morgan fingerprint density at radius 3 is 2.83 bits per heavy atom. The Morgan fingerprint density at radius 2 is 2.22 bits per heavy atom. The first-order valence-electron chi connectivity index (χ1n) is 5.96. The summed E-state index contributed by atoms with van der Waals surface area (Å²) in [6.07, 6.45) is 4.50. The normalized spacial score (nSPS) is 19.1. The molecule has 0 spiro atoms. The third-order valence-electron chi connectivity index (χ3n) is 3.35. The van der Waals surface area contributed by atoms with Gasteiger partial charge in [0.05, 0.1) is 4.92 Å². The van der Waals surface area contributed by atoms with E-state index >= 15 is 0 Å². The van der Waals surface area contributed by atoms with Crippen LogP contribution in [0.2, 0.25) is 0 Å². The molecule has 1 unspecified atom stereocenters. The van der Waals surface area contributed by atoms with E-state index in [-0.39, 0.29) is 11.7 Å². The van der Waals surface area contributed by atoms with Crippen LogP contribution >= 0.6 is 0 Å². The van der Waals surface area contributed by atoms with E-state index in [1.807, 2.05) is 0 Å². The zero-order valence-electron chi connectivity index (χ0n) is 9.87. The van der Waals surface area contributed by atoms with Crippen LogP contribution in [0, 0.1) is 16.0 Å². The van der Waals surface area contributed by atoms with Crippen molar-refractivity contribution in [3.05, 3.63) is 38.8 Å². The van der Waals surface area contributed by atoms with E-state index in [1.165, 1.54) is 22.9 Å². The van der Waals surface area contributed by atoms with E-state index in [0.717, 1.165) is 12.8 Å². The Labute approximate surface area is 103 Å². The summed E-state index contributed by atoms with van der Waals surface area (Å²) in [5, 5.41) is 10.6. The number of rotatable bonds is 4. The summed E-state index contributed by atoms with van der Waals surface area (Å²) < 4.78 is 1.31. The van der Waals surface area contributed by atoms with Crippen LogP contribution < -0.4 is 5.56 Å². The summed E-state index contributed by atoms with van der Waals surface area (Å²) in [5.41, 5.74) is -1.02. The maximum absolute atomic E-state index is 11.7. The zero-order chi connectivity index (χ0) is 13.1. The topological polar surface area (TPSA) is 82.2 Å². The second kappa shape index (κ2) is 5.12. The minimum Gasteiger partial charge on any atom is -0.310 e. The Balaban J connectivity index is 2.10. The second-order valence-electron chi connectivity index (χ2n) is 4.49. The van der Waals surface area contributed by atoms with Gasteiger partial charge in [0, 0.05) is 31.1 Å². The van der Waals surface area contributed by atoms with E-state index in [9.17, 15) is 19.7 Å². The van der Waals surface area contributed by atoms with Gasteiger partial charge in [0.2, 0.25) is 0 Å². The maximum atomic E-state index is 11.7. The smallest absolute Gasteiger partial charge is 0.310 e. The van der Waals surface area contributed by atoms with Crippen LogP contribution in [-0.4, -0.2) is 15.3 Å². The first-order chi connectivity index (χ1) is 8.59. The quantitative estimate of drug-likeness (QED) is 0.599. The van der Waals surface area contributed by atoms with Crippen LogP contribution in [0.1, 0.15) is 25.7 Å². The van der Waals surface area contributed by atoms with Gasteiger partial charge >= 0.3 is 11.2 Å². The largest absolute Gasteiger partial charge is 0.334 e. The fourth-order valence-corrected chi connectivity index (χ4v) is 2.33. The maximum Gasteiger partial charge on any atom is 0.334 e. The number of hydrogen-bond donors (Lipinski definition) is 0. The van der Waals surface area contributed by atoms with Crippen molar-refractivity contribution in [2.75, 3.05) is 0 Å². The molecule has 0 aliphatic heterocycles. The number of nitro groups is 1. The second-order valence-corrected chi connectivity index (χ2v) is 4.49. The summed E-state index contributed by atoms with van der Waals surface area (Å²) in [4.78, 5) is 33.1. The van der Waals surface area contributed by atoms with Crippen molar-refractivity contribution >= 4 is 11.5 Å². The van der Waals surface area contributed by atoms with Gasteiger partial charge in [-0.3, -0.25) is 19.7 Å². The predicted octanol–water partition coefficient (Wildman–Crippen LogP) is 1.52. The highest BCUT2D eigenvalue weighted by Gasteiger charge is 2.24. The highest BCUT2D eigenvalue weighted by atomic mass is 16.6. The van der Waals surface area contributed by atoms with Crippen LogP contribution in [0.15, 0.2) is 23.1 Å². The van der Waals surface area contributed by atoms with Crippen molar-refractivity contribution in [1.82, 2.24) is 4.57 Å². The lowest BCUT2D eigenvalue weighted by Gasteiger charge is -2.09. The number of aryl methyl sites for hydroxylation is 1. The van der Waals surface area contributed by atoms with Gasteiger partial charge in [0.1, 0.15) is 5.78 Å². The standard InChI is InChI=1S/C12H14N2O4/c15-11-5-1-3-9(11)6-8-13-7-2-4-10(12(13)16)14(17)18/h2,4,7,9H,1,3,5-6,8H2. The Hall–Kier alpha value is -1.98. The van der Waals surface area contributed by atoms with Gasteiger partial charge < -0.3 is 4.57 Å². The Kier molecular flexibility index (Phi) is 3.55. The summed E-state index contributed by atoms with van der Waals surface area (Å²) >= 11 is 0. The molecule has 0 saturated heterocycles. The molecule has 0 N–H and O–H groups in total.